The van der Waals surface area contributed by atoms with Crippen molar-refractivity contribution in [3.8, 4) is 0 Å². The van der Waals surface area contributed by atoms with E-state index in [2.05, 4.69) is 5.32 Å². The Bertz CT molecular complexity index is 468. The molecular formula is C14H24N2O7. The zero-order valence-corrected chi connectivity index (χ0v) is 13.0. The molecule has 0 saturated heterocycles. The van der Waals surface area contributed by atoms with E-state index in [9.17, 15) is 24.9 Å². The molecule has 132 valence electrons. The minimum absolute atomic E-state index is 0.240. The molecule has 0 aliphatic carbocycles. The van der Waals surface area contributed by atoms with Crippen LogP contribution in [0.15, 0.2) is 11.8 Å². The first-order chi connectivity index (χ1) is 10.7. The fraction of sp³-hybridized carbons (Fsp3) is 0.714. The molecule has 23 heavy (non-hydrogen) atoms. The second-order valence-electron chi connectivity index (χ2n) is 5.60. The van der Waals surface area contributed by atoms with Crippen LogP contribution < -0.4 is 11.1 Å². The van der Waals surface area contributed by atoms with Gasteiger partial charge in [0.2, 0.25) is 11.7 Å². The summed E-state index contributed by atoms with van der Waals surface area (Å²) in [5.41, 5.74) is 5.68. The van der Waals surface area contributed by atoms with Crippen molar-refractivity contribution in [1.29, 1.82) is 0 Å². The summed E-state index contributed by atoms with van der Waals surface area (Å²) in [6.45, 7) is 3.31. The third-order valence-corrected chi connectivity index (χ3v) is 3.85. The van der Waals surface area contributed by atoms with Crippen LogP contribution in [0.1, 0.15) is 20.3 Å². The maximum absolute atomic E-state index is 11.6. The lowest BCUT2D eigenvalue weighted by Crippen LogP contribution is -2.58. The van der Waals surface area contributed by atoms with Gasteiger partial charge in [-0.2, -0.15) is 0 Å². The van der Waals surface area contributed by atoms with Crippen LogP contribution in [0.3, 0.4) is 0 Å². The zero-order chi connectivity index (χ0) is 17.7. The first kappa shape index (κ1) is 19.4. The number of aliphatic hydroxyl groups excluding tert-OH is 3. The van der Waals surface area contributed by atoms with Crippen LogP contribution in [-0.2, 0) is 14.3 Å². The lowest BCUT2D eigenvalue weighted by Gasteiger charge is -2.36. The molecule has 3 unspecified atom stereocenters. The van der Waals surface area contributed by atoms with Gasteiger partial charge in [-0.3, -0.25) is 4.79 Å². The highest BCUT2D eigenvalue weighted by atomic mass is 16.5. The highest BCUT2D eigenvalue weighted by Crippen LogP contribution is 2.21. The smallest absolute Gasteiger partial charge is 0.370 e. The van der Waals surface area contributed by atoms with Crippen LogP contribution in [-0.4, -0.2) is 69.3 Å². The molecule has 1 heterocycles. The molecule has 0 aromatic heterocycles. The van der Waals surface area contributed by atoms with Crippen LogP contribution in [0.2, 0.25) is 0 Å². The number of hydrogen-bond donors (Lipinski definition) is 6. The minimum atomic E-state index is -1.58. The number of rotatable bonds is 7. The zero-order valence-electron chi connectivity index (χ0n) is 13.0. The number of carboxylic acids is 1. The number of nitrogens with one attached hydrogen (secondary N) is 1. The lowest BCUT2D eigenvalue weighted by atomic mass is 9.94. The van der Waals surface area contributed by atoms with Crippen molar-refractivity contribution in [3.05, 3.63) is 11.8 Å². The number of nitrogens with two attached hydrogens (primary N) is 1. The van der Waals surface area contributed by atoms with Gasteiger partial charge in [0.05, 0.1) is 12.1 Å². The van der Waals surface area contributed by atoms with Gasteiger partial charge >= 0.3 is 5.97 Å². The van der Waals surface area contributed by atoms with Gasteiger partial charge in [0.1, 0.15) is 18.3 Å². The Kier molecular flexibility index (Phi) is 6.95. The highest BCUT2D eigenvalue weighted by Gasteiger charge is 2.40. The molecule has 6 atom stereocenters. The Hall–Kier alpha value is -1.68. The van der Waals surface area contributed by atoms with E-state index in [4.69, 9.17) is 15.6 Å². The topological polar surface area (TPSA) is 162 Å². The maximum atomic E-state index is 11.6. The number of aliphatic hydroxyl groups is 3. The van der Waals surface area contributed by atoms with Gasteiger partial charge in [0.15, 0.2) is 0 Å². The molecule has 1 rings (SSSR count). The molecule has 1 amide bonds. The average Bonchev–Trinajstić information content (AvgIpc) is 2.52. The summed E-state index contributed by atoms with van der Waals surface area (Å²) < 4.78 is 5.04. The molecule has 1 aliphatic rings. The van der Waals surface area contributed by atoms with Crippen LogP contribution in [0.4, 0.5) is 0 Å². The molecule has 7 N–H and O–H groups in total. The molecule has 0 fully saturated rings. The monoisotopic (exact) mass is 332 g/mol. The van der Waals surface area contributed by atoms with Gasteiger partial charge in [-0.15, -0.1) is 0 Å². The average molecular weight is 332 g/mol. The van der Waals surface area contributed by atoms with Crippen LogP contribution in [0.25, 0.3) is 0 Å². The van der Waals surface area contributed by atoms with Gasteiger partial charge in [-0.05, 0) is 12.5 Å². The van der Waals surface area contributed by atoms with E-state index in [0.717, 1.165) is 6.08 Å². The Morgan fingerprint density at radius 2 is 2.04 bits per heavy atom. The highest BCUT2D eigenvalue weighted by molar-refractivity contribution is 5.84. The van der Waals surface area contributed by atoms with Crippen LogP contribution in [0, 0.1) is 5.92 Å². The Labute approximate surface area is 133 Å². The molecule has 0 radical (unpaired) electrons. The fourth-order valence-corrected chi connectivity index (χ4v) is 2.05. The standard InChI is InChI=1S/C14H24N2O7/c1-3-6(2)13(20)16-5-8(18)11(19)12-10(15)7(17)4-9(23-12)14(21)22/h4,6-8,10-12,17-19H,3,5,15H2,1-2H3,(H,16,20)(H,21,22)/t6?,7?,8-,10+,11-,12?/m0/s1. The quantitative estimate of drug-likeness (QED) is 0.309. The Balaban J connectivity index is 2.68. The van der Waals surface area contributed by atoms with Gasteiger partial charge in [-0.25, -0.2) is 4.79 Å². The number of carbonyl (C=O) groups is 2. The minimum Gasteiger partial charge on any atom is -0.479 e. The molecule has 0 aromatic rings. The summed E-state index contributed by atoms with van der Waals surface area (Å²) in [5, 5.41) is 41.1. The van der Waals surface area contributed by atoms with Crippen molar-refractivity contribution in [2.24, 2.45) is 11.7 Å². The first-order valence-corrected chi connectivity index (χ1v) is 7.38. The van der Waals surface area contributed by atoms with Gasteiger partial charge in [0, 0.05) is 12.5 Å². The third-order valence-electron chi connectivity index (χ3n) is 3.85. The lowest BCUT2D eigenvalue weighted by molar-refractivity contribution is -0.145. The van der Waals surface area contributed by atoms with E-state index >= 15 is 0 Å². The predicted molar refractivity (Wildman–Crippen MR) is 79.1 cm³/mol. The molecular weight excluding hydrogens is 308 g/mol. The van der Waals surface area contributed by atoms with Crippen LogP contribution in [0.5, 0.6) is 0 Å². The van der Waals surface area contributed by atoms with Crippen LogP contribution >= 0.6 is 0 Å². The summed E-state index contributed by atoms with van der Waals surface area (Å²) in [4.78, 5) is 22.6. The van der Waals surface area contributed by atoms with E-state index in [1.165, 1.54) is 0 Å². The number of hydrogen-bond acceptors (Lipinski definition) is 7. The molecule has 0 aromatic carbocycles. The largest absolute Gasteiger partial charge is 0.479 e. The maximum Gasteiger partial charge on any atom is 0.370 e. The molecule has 0 spiro atoms. The van der Waals surface area contributed by atoms with Gasteiger partial charge in [-0.1, -0.05) is 13.8 Å². The fourth-order valence-electron chi connectivity index (χ4n) is 2.05. The number of carbonyl (C=O) groups excluding carboxylic acids is 1. The third kappa shape index (κ3) is 4.90. The SMILES string of the molecule is CCC(C)C(=O)NC[C@H](O)[C@H](O)C1OC(C(=O)O)=CC(O)[C@H]1N. The number of carboxylic acid groups (broad SMARTS) is 1. The summed E-state index contributed by atoms with van der Waals surface area (Å²) in [7, 11) is 0. The summed E-state index contributed by atoms with van der Waals surface area (Å²) in [5.74, 6) is -2.50. The van der Waals surface area contributed by atoms with Crippen molar-refractivity contribution in [2.75, 3.05) is 6.54 Å². The van der Waals surface area contributed by atoms with E-state index in [1.54, 1.807) is 6.92 Å². The number of amides is 1. The summed E-state index contributed by atoms with van der Waals surface area (Å²) >= 11 is 0. The van der Waals surface area contributed by atoms with E-state index < -0.39 is 42.2 Å². The molecule has 9 heteroatoms. The number of aliphatic carboxylic acids is 1. The first-order valence-electron chi connectivity index (χ1n) is 7.38. The second-order valence-corrected chi connectivity index (χ2v) is 5.60. The van der Waals surface area contributed by atoms with E-state index in [1.807, 2.05) is 6.92 Å². The predicted octanol–water partition coefficient (Wildman–Crippen LogP) is -2.07. The van der Waals surface area contributed by atoms with Crippen molar-refractivity contribution in [1.82, 2.24) is 5.32 Å². The normalized spacial score (nSPS) is 28.1. The Morgan fingerprint density at radius 3 is 2.57 bits per heavy atom. The van der Waals surface area contributed by atoms with E-state index in [0.29, 0.717) is 6.42 Å². The molecule has 1 aliphatic heterocycles. The molecule has 0 bridgehead atoms. The summed E-state index contributed by atoms with van der Waals surface area (Å²) in [6, 6.07) is -1.12. The van der Waals surface area contributed by atoms with Crippen molar-refractivity contribution in [2.45, 2.75) is 50.7 Å². The molecule has 0 saturated carbocycles. The van der Waals surface area contributed by atoms with Crippen molar-refractivity contribution < 1.29 is 34.8 Å². The molecule has 9 nitrogen and oxygen atoms in total. The number of ether oxygens (including phenoxy) is 1. The van der Waals surface area contributed by atoms with Crippen molar-refractivity contribution >= 4 is 11.9 Å². The summed E-state index contributed by atoms with van der Waals surface area (Å²) in [6.07, 6.45) is -4.12. The van der Waals surface area contributed by atoms with E-state index in [-0.39, 0.29) is 18.4 Å². The Morgan fingerprint density at radius 1 is 1.43 bits per heavy atom. The van der Waals surface area contributed by atoms with Gasteiger partial charge in [0.25, 0.3) is 0 Å². The second kappa shape index (κ2) is 8.25. The van der Waals surface area contributed by atoms with Crippen molar-refractivity contribution in [3.63, 3.8) is 0 Å². The van der Waals surface area contributed by atoms with Gasteiger partial charge < -0.3 is 36.2 Å².